The van der Waals surface area contributed by atoms with Gasteiger partial charge >= 0.3 is 24.3 Å². The molecular formula is C13H14F3N3O7. The lowest BCUT2D eigenvalue weighted by Crippen LogP contribution is -2.64. The Hall–Kier alpha value is -2.57. The van der Waals surface area contributed by atoms with Crippen LogP contribution < -0.4 is 5.73 Å². The Kier molecular flexibility index (Phi) is 4.21. The van der Waals surface area contributed by atoms with Crippen LogP contribution in [-0.4, -0.2) is 70.2 Å². The number of carboxylic acid groups (broad SMARTS) is 1. The topological polar surface area (TPSA) is 139 Å². The number of nitrogens with zero attached hydrogens (tertiary/aromatic N) is 2. The van der Waals surface area contributed by atoms with Gasteiger partial charge in [0.2, 0.25) is 0 Å². The molecule has 1 heterocycles. The van der Waals surface area contributed by atoms with E-state index in [0.29, 0.717) is 5.01 Å². The number of ketones is 1. The van der Waals surface area contributed by atoms with Crippen molar-refractivity contribution in [2.24, 2.45) is 17.6 Å². The highest BCUT2D eigenvalue weighted by Gasteiger charge is 2.69. The first-order valence-corrected chi connectivity index (χ1v) is 7.56. The van der Waals surface area contributed by atoms with E-state index in [-0.39, 0.29) is 12.8 Å². The molecular weight excluding hydrogens is 367 g/mol. The molecule has 10 nitrogen and oxygen atoms in total. The number of rotatable bonds is 3. The standard InChI is InChI=1S/C13H14F3N3O7/c14-13(15,16)10(21)26-5-2-1-4-6-7(5)9(20)8(6)19(12(23)24)18(4)3-25-11(17)22/h4-8H,1-3H2,(H2,17,22)(H,23,24)/t4?,5?,6-,7+,8?/m0/s1. The van der Waals surface area contributed by atoms with Gasteiger partial charge in [0.25, 0.3) is 0 Å². The van der Waals surface area contributed by atoms with Crippen LogP contribution in [0.15, 0.2) is 0 Å². The monoisotopic (exact) mass is 381 g/mol. The summed E-state index contributed by atoms with van der Waals surface area (Å²) in [7, 11) is 0. The number of halogens is 3. The van der Waals surface area contributed by atoms with E-state index in [1.807, 2.05) is 0 Å². The highest BCUT2D eigenvalue weighted by Crippen LogP contribution is 2.53. The second-order valence-corrected chi connectivity index (χ2v) is 6.20. The zero-order valence-corrected chi connectivity index (χ0v) is 13.0. The quantitative estimate of drug-likeness (QED) is 0.655. The predicted molar refractivity (Wildman–Crippen MR) is 72.0 cm³/mol. The summed E-state index contributed by atoms with van der Waals surface area (Å²) in [6.45, 7) is -0.522. The summed E-state index contributed by atoms with van der Waals surface area (Å²) in [4.78, 5) is 45.7. The highest BCUT2D eigenvalue weighted by molar-refractivity contribution is 5.97. The maximum Gasteiger partial charge on any atom is 0.490 e. The van der Waals surface area contributed by atoms with Crippen LogP contribution in [0.5, 0.6) is 0 Å². The minimum absolute atomic E-state index is 0.0629. The molecule has 3 N–H and O–H groups in total. The van der Waals surface area contributed by atoms with Gasteiger partial charge in [-0.1, -0.05) is 0 Å². The van der Waals surface area contributed by atoms with Crippen molar-refractivity contribution in [3.63, 3.8) is 0 Å². The van der Waals surface area contributed by atoms with Crippen molar-refractivity contribution >= 4 is 23.9 Å². The minimum Gasteiger partial charge on any atom is -0.464 e. The van der Waals surface area contributed by atoms with Crippen LogP contribution in [0.1, 0.15) is 12.8 Å². The summed E-state index contributed by atoms with van der Waals surface area (Å²) in [6.07, 6.45) is -9.01. The zero-order chi connectivity index (χ0) is 19.4. The number of hydrogen-bond donors (Lipinski definition) is 2. The Balaban J connectivity index is 1.80. The molecule has 0 bridgehead atoms. The van der Waals surface area contributed by atoms with E-state index in [1.54, 1.807) is 0 Å². The maximum absolute atomic E-state index is 12.4. The number of nitrogens with two attached hydrogens (primary N) is 1. The second-order valence-electron chi connectivity index (χ2n) is 6.20. The van der Waals surface area contributed by atoms with Gasteiger partial charge in [-0.3, -0.25) is 4.79 Å². The normalized spacial score (nSPS) is 33.3. The highest BCUT2D eigenvalue weighted by atomic mass is 19.4. The van der Waals surface area contributed by atoms with Gasteiger partial charge in [-0.15, -0.1) is 0 Å². The van der Waals surface area contributed by atoms with Crippen LogP contribution in [-0.2, 0) is 19.1 Å². The van der Waals surface area contributed by atoms with Crippen molar-refractivity contribution in [1.29, 1.82) is 0 Å². The molecule has 26 heavy (non-hydrogen) atoms. The van der Waals surface area contributed by atoms with Crippen molar-refractivity contribution in [3.8, 4) is 0 Å². The average Bonchev–Trinajstić information content (AvgIpc) is 2.83. The predicted octanol–water partition coefficient (Wildman–Crippen LogP) is 0.0700. The molecule has 0 aromatic rings. The maximum atomic E-state index is 12.4. The van der Waals surface area contributed by atoms with Crippen molar-refractivity contribution in [2.45, 2.75) is 37.2 Å². The van der Waals surface area contributed by atoms with E-state index < -0.39 is 66.9 Å². The molecule has 3 rings (SSSR count). The molecule has 1 saturated heterocycles. The Labute approximate surface area is 143 Å². The van der Waals surface area contributed by atoms with Gasteiger partial charge in [0.1, 0.15) is 12.1 Å². The lowest BCUT2D eigenvalue weighted by molar-refractivity contribution is -0.212. The first-order valence-electron chi connectivity index (χ1n) is 7.56. The number of hydrazine groups is 1. The molecule has 0 radical (unpaired) electrons. The molecule has 3 aliphatic rings. The Morgan fingerprint density at radius 1 is 1.27 bits per heavy atom. The molecule has 2 aliphatic carbocycles. The molecule has 144 valence electrons. The van der Waals surface area contributed by atoms with Crippen molar-refractivity contribution in [2.75, 3.05) is 6.73 Å². The smallest absolute Gasteiger partial charge is 0.464 e. The van der Waals surface area contributed by atoms with E-state index in [9.17, 15) is 37.5 Å². The third kappa shape index (κ3) is 2.71. The van der Waals surface area contributed by atoms with Gasteiger partial charge < -0.3 is 20.3 Å². The Morgan fingerprint density at radius 3 is 2.46 bits per heavy atom. The first-order chi connectivity index (χ1) is 12.0. The number of alkyl halides is 3. The van der Waals surface area contributed by atoms with Gasteiger partial charge in [-0.2, -0.15) is 18.2 Å². The van der Waals surface area contributed by atoms with E-state index in [1.165, 1.54) is 0 Å². The number of primary amides is 1. The van der Waals surface area contributed by atoms with Gasteiger partial charge in [0.15, 0.2) is 12.5 Å². The Bertz CT molecular complexity index is 670. The van der Waals surface area contributed by atoms with Crippen molar-refractivity contribution < 1.29 is 46.9 Å². The summed E-state index contributed by atoms with van der Waals surface area (Å²) >= 11 is 0. The molecule has 2 saturated carbocycles. The third-order valence-corrected chi connectivity index (χ3v) is 4.94. The SMILES string of the molecule is NC(=O)OCN1C2CCC(OC(=O)C(F)(F)F)[C@H]3C(=O)C([C@@H]23)N1C(=O)O. The molecule has 13 heteroatoms. The molecule has 2 amide bonds. The van der Waals surface area contributed by atoms with Gasteiger partial charge in [-0.25, -0.2) is 19.4 Å². The number of carbonyl (C=O) groups excluding carboxylic acids is 3. The van der Waals surface area contributed by atoms with E-state index >= 15 is 0 Å². The summed E-state index contributed by atoms with van der Waals surface area (Å²) < 4.78 is 46.3. The largest absolute Gasteiger partial charge is 0.490 e. The van der Waals surface area contributed by atoms with Crippen LogP contribution in [0.4, 0.5) is 22.8 Å². The van der Waals surface area contributed by atoms with E-state index in [4.69, 9.17) is 5.73 Å². The fraction of sp³-hybridized carbons (Fsp3) is 0.692. The summed E-state index contributed by atoms with van der Waals surface area (Å²) in [6, 6.07) is -1.69. The number of hydrogen-bond acceptors (Lipinski definition) is 7. The molecule has 0 aromatic carbocycles. The average molecular weight is 381 g/mol. The molecule has 0 spiro atoms. The number of ether oxygens (including phenoxy) is 2. The van der Waals surface area contributed by atoms with Crippen LogP contribution >= 0.6 is 0 Å². The van der Waals surface area contributed by atoms with Crippen LogP contribution in [0, 0.1) is 11.8 Å². The summed E-state index contributed by atoms with van der Waals surface area (Å²) in [5.74, 6) is -4.72. The molecule has 3 unspecified atom stereocenters. The summed E-state index contributed by atoms with van der Waals surface area (Å²) in [5.41, 5.74) is 4.87. The second kappa shape index (κ2) is 6.00. The summed E-state index contributed by atoms with van der Waals surface area (Å²) in [5, 5.41) is 11.2. The fourth-order valence-corrected chi connectivity index (χ4v) is 4.05. The van der Waals surface area contributed by atoms with Crippen molar-refractivity contribution in [3.05, 3.63) is 0 Å². The van der Waals surface area contributed by atoms with E-state index in [2.05, 4.69) is 9.47 Å². The van der Waals surface area contributed by atoms with Crippen LogP contribution in [0.3, 0.4) is 0 Å². The van der Waals surface area contributed by atoms with Crippen LogP contribution in [0.25, 0.3) is 0 Å². The zero-order valence-electron chi connectivity index (χ0n) is 13.0. The minimum atomic E-state index is -5.19. The Morgan fingerprint density at radius 2 is 1.92 bits per heavy atom. The number of Topliss-reactive ketones (excluding diaryl/α,β-unsaturated/α-hetero) is 1. The van der Waals surface area contributed by atoms with Gasteiger partial charge in [0.05, 0.1) is 5.92 Å². The molecule has 5 atom stereocenters. The lowest BCUT2D eigenvalue weighted by Gasteiger charge is -2.47. The number of amides is 2. The molecule has 0 aromatic heterocycles. The first kappa shape index (κ1) is 18.2. The van der Waals surface area contributed by atoms with Crippen molar-refractivity contribution in [1.82, 2.24) is 10.0 Å². The molecule has 1 aliphatic heterocycles. The number of esters is 1. The fourth-order valence-electron chi connectivity index (χ4n) is 4.05. The van der Waals surface area contributed by atoms with E-state index in [0.717, 1.165) is 5.01 Å². The van der Waals surface area contributed by atoms with Crippen LogP contribution in [0.2, 0.25) is 0 Å². The molecule has 3 fully saturated rings. The number of carbonyl (C=O) groups is 4. The van der Waals surface area contributed by atoms with Gasteiger partial charge in [0, 0.05) is 12.0 Å². The third-order valence-electron chi connectivity index (χ3n) is 4.94. The van der Waals surface area contributed by atoms with Gasteiger partial charge in [-0.05, 0) is 12.8 Å². The lowest BCUT2D eigenvalue weighted by atomic mass is 9.59.